The number of nitrogens with two attached hydrogens (primary N) is 1. The first-order chi connectivity index (χ1) is 9.17. The number of rotatable bonds is 2. The van der Waals surface area contributed by atoms with E-state index in [4.69, 9.17) is 19.7 Å². The van der Waals surface area contributed by atoms with Crippen molar-refractivity contribution in [1.82, 2.24) is 10.1 Å². The van der Waals surface area contributed by atoms with E-state index in [1.807, 2.05) is 0 Å². The van der Waals surface area contributed by atoms with Gasteiger partial charge in [0.05, 0.1) is 25.4 Å². The molecule has 1 saturated heterocycles. The quantitative estimate of drug-likeness (QED) is 0.874. The van der Waals surface area contributed by atoms with Crippen molar-refractivity contribution in [2.75, 3.05) is 19.8 Å². The maximum absolute atomic E-state index is 6.46. The highest BCUT2D eigenvalue weighted by Gasteiger charge is 2.38. The first-order valence-electron chi connectivity index (χ1n) is 7.00. The van der Waals surface area contributed by atoms with E-state index < -0.39 is 5.54 Å². The fourth-order valence-electron chi connectivity index (χ4n) is 2.99. The van der Waals surface area contributed by atoms with Crippen LogP contribution < -0.4 is 5.73 Å². The van der Waals surface area contributed by atoms with E-state index in [2.05, 4.69) is 17.1 Å². The number of aromatic nitrogens is 2. The molecule has 0 amide bonds. The van der Waals surface area contributed by atoms with Crippen LogP contribution in [0.4, 0.5) is 0 Å². The Hall–Kier alpha value is -0.980. The molecule has 3 rings (SSSR count). The maximum Gasteiger partial charge on any atom is 0.258 e. The average Bonchev–Trinajstić information content (AvgIpc) is 2.90. The van der Waals surface area contributed by atoms with E-state index in [0.29, 0.717) is 37.5 Å². The van der Waals surface area contributed by atoms with E-state index in [9.17, 15) is 0 Å². The Labute approximate surface area is 112 Å². The second-order valence-electron chi connectivity index (χ2n) is 5.75. The molecule has 0 radical (unpaired) electrons. The van der Waals surface area contributed by atoms with Crippen molar-refractivity contribution >= 4 is 0 Å². The predicted molar refractivity (Wildman–Crippen MR) is 67.3 cm³/mol. The van der Waals surface area contributed by atoms with E-state index in [1.165, 1.54) is 6.42 Å². The highest BCUT2D eigenvalue weighted by atomic mass is 16.6. The molecule has 1 aromatic heterocycles. The van der Waals surface area contributed by atoms with Gasteiger partial charge in [0.1, 0.15) is 0 Å². The monoisotopic (exact) mass is 267 g/mol. The zero-order chi connectivity index (χ0) is 13.3. The van der Waals surface area contributed by atoms with Gasteiger partial charge in [0, 0.05) is 0 Å². The van der Waals surface area contributed by atoms with Crippen molar-refractivity contribution in [3.63, 3.8) is 0 Å². The molecule has 0 aromatic carbocycles. The topological polar surface area (TPSA) is 83.4 Å². The van der Waals surface area contributed by atoms with Crippen LogP contribution in [-0.4, -0.2) is 30.0 Å². The molecule has 1 aromatic rings. The van der Waals surface area contributed by atoms with Gasteiger partial charge in [-0.05, 0) is 18.8 Å². The smallest absolute Gasteiger partial charge is 0.258 e. The van der Waals surface area contributed by atoms with Crippen LogP contribution in [0.3, 0.4) is 0 Å². The third-order valence-electron chi connectivity index (χ3n) is 4.01. The maximum atomic E-state index is 6.46. The minimum Gasteiger partial charge on any atom is -0.376 e. The Morgan fingerprint density at radius 3 is 3.00 bits per heavy atom. The molecule has 2 heterocycles. The molecule has 3 atom stereocenters. The number of ether oxygens (including phenoxy) is 2. The second kappa shape index (κ2) is 5.19. The van der Waals surface area contributed by atoms with E-state index in [1.54, 1.807) is 0 Å². The van der Waals surface area contributed by atoms with Gasteiger partial charge < -0.3 is 19.7 Å². The van der Waals surface area contributed by atoms with Crippen LogP contribution in [0, 0.1) is 5.92 Å². The second-order valence-corrected chi connectivity index (χ2v) is 5.75. The minimum atomic E-state index is -0.449. The summed E-state index contributed by atoms with van der Waals surface area (Å²) < 4.78 is 16.2. The van der Waals surface area contributed by atoms with Gasteiger partial charge in [-0.25, -0.2) is 0 Å². The Morgan fingerprint density at radius 2 is 2.26 bits per heavy atom. The molecule has 6 heteroatoms. The van der Waals surface area contributed by atoms with Crippen molar-refractivity contribution in [3.8, 4) is 0 Å². The van der Waals surface area contributed by atoms with Crippen molar-refractivity contribution in [2.24, 2.45) is 11.7 Å². The fraction of sp³-hybridized carbons (Fsp3) is 0.846. The molecule has 1 aliphatic heterocycles. The minimum absolute atomic E-state index is 0.250. The normalized spacial score (nSPS) is 36.3. The summed E-state index contributed by atoms with van der Waals surface area (Å²) >= 11 is 0. The van der Waals surface area contributed by atoms with Crippen LogP contribution in [0.1, 0.15) is 50.4 Å². The van der Waals surface area contributed by atoms with Gasteiger partial charge in [-0.1, -0.05) is 24.9 Å². The Morgan fingerprint density at radius 1 is 1.37 bits per heavy atom. The summed E-state index contributed by atoms with van der Waals surface area (Å²) in [7, 11) is 0. The largest absolute Gasteiger partial charge is 0.376 e. The number of hydrogen-bond acceptors (Lipinski definition) is 6. The fourth-order valence-corrected chi connectivity index (χ4v) is 2.99. The number of hydrogen-bond donors (Lipinski definition) is 1. The Bertz CT molecular complexity index is 431. The molecule has 1 aliphatic carbocycles. The summed E-state index contributed by atoms with van der Waals surface area (Å²) in [5.74, 6) is 1.70. The van der Waals surface area contributed by atoms with E-state index in [0.717, 1.165) is 19.3 Å². The van der Waals surface area contributed by atoms with Gasteiger partial charge in [-0.15, -0.1) is 0 Å². The SMILES string of the molecule is CC1CCCC(N)(c2noc(C3COCCO3)n2)C1. The lowest BCUT2D eigenvalue weighted by Crippen LogP contribution is -2.42. The lowest BCUT2D eigenvalue weighted by molar-refractivity contribution is -0.101. The molecule has 6 nitrogen and oxygen atoms in total. The molecule has 106 valence electrons. The van der Waals surface area contributed by atoms with Crippen LogP contribution in [0.25, 0.3) is 0 Å². The lowest BCUT2D eigenvalue weighted by Gasteiger charge is -2.33. The molecule has 1 saturated carbocycles. The summed E-state index contributed by atoms with van der Waals surface area (Å²) in [6.07, 6.45) is 3.92. The number of nitrogens with zero attached hydrogens (tertiary/aromatic N) is 2. The molecule has 2 aliphatic rings. The van der Waals surface area contributed by atoms with Gasteiger partial charge in [0.15, 0.2) is 11.9 Å². The first kappa shape index (κ1) is 13.0. The summed E-state index contributed by atoms with van der Waals surface area (Å²) in [6.45, 7) is 3.87. The third-order valence-corrected chi connectivity index (χ3v) is 4.01. The van der Waals surface area contributed by atoms with Crippen LogP contribution in [0.2, 0.25) is 0 Å². The molecular formula is C13H21N3O3. The highest BCUT2D eigenvalue weighted by Crippen LogP contribution is 2.36. The molecule has 19 heavy (non-hydrogen) atoms. The van der Waals surface area contributed by atoms with Crippen LogP contribution >= 0.6 is 0 Å². The van der Waals surface area contributed by atoms with E-state index >= 15 is 0 Å². The highest BCUT2D eigenvalue weighted by molar-refractivity contribution is 5.07. The van der Waals surface area contributed by atoms with Gasteiger partial charge in [0.2, 0.25) is 0 Å². The van der Waals surface area contributed by atoms with Gasteiger partial charge >= 0.3 is 0 Å². The summed E-state index contributed by atoms with van der Waals surface area (Å²) in [4.78, 5) is 4.46. The van der Waals surface area contributed by atoms with E-state index in [-0.39, 0.29) is 6.10 Å². The third kappa shape index (κ3) is 2.66. The molecule has 3 unspecified atom stereocenters. The summed E-state index contributed by atoms with van der Waals surface area (Å²) in [5, 5.41) is 4.07. The summed E-state index contributed by atoms with van der Waals surface area (Å²) in [6, 6.07) is 0. The molecular weight excluding hydrogens is 246 g/mol. The van der Waals surface area contributed by atoms with Crippen molar-refractivity contribution < 1.29 is 14.0 Å². The Kier molecular flexibility index (Phi) is 3.56. The molecule has 2 N–H and O–H groups in total. The summed E-state index contributed by atoms with van der Waals surface area (Å²) in [5.41, 5.74) is 6.01. The molecule has 0 spiro atoms. The lowest BCUT2D eigenvalue weighted by atomic mass is 9.76. The zero-order valence-corrected chi connectivity index (χ0v) is 11.3. The van der Waals surface area contributed by atoms with Gasteiger partial charge in [-0.3, -0.25) is 0 Å². The Balaban J connectivity index is 1.76. The van der Waals surface area contributed by atoms with Crippen molar-refractivity contribution in [1.29, 1.82) is 0 Å². The van der Waals surface area contributed by atoms with Crippen molar-refractivity contribution in [2.45, 2.75) is 44.2 Å². The van der Waals surface area contributed by atoms with Crippen LogP contribution in [0.5, 0.6) is 0 Å². The predicted octanol–water partition coefficient (Wildman–Crippen LogP) is 1.52. The molecule has 2 fully saturated rings. The van der Waals surface area contributed by atoms with Crippen molar-refractivity contribution in [3.05, 3.63) is 11.7 Å². The van der Waals surface area contributed by atoms with Crippen LogP contribution in [0.15, 0.2) is 4.52 Å². The molecule has 0 bridgehead atoms. The first-order valence-corrected chi connectivity index (χ1v) is 7.00. The van der Waals surface area contributed by atoms with Crippen LogP contribution in [-0.2, 0) is 15.0 Å². The van der Waals surface area contributed by atoms with Gasteiger partial charge in [0.25, 0.3) is 5.89 Å². The zero-order valence-electron chi connectivity index (χ0n) is 11.3. The average molecular weight is 267 g/mol. The standard InChI is InChI=1S/C13H21N3O3/c1-9-3-2-4-13(14,7-9)12-15-11(19-16-12)10-8-17-5-6-18-10/h9-10H,2-8,14H2,1H3. The van der Waals surface area contributed by atoms with Gasteiger partial charge in [-0.2, -0.15) is 4.98 Å².